The number of nitrogens with one attached hydrogen (secondary N) is 2. The molecular formula is C17H14F3N3O2. The maximum absolute atomic E-state index is 13.4. The van der Waals surface area contributed by atoms with E-state index in [1.807, 2.05) is 24.3 Å². The smallest absolute Gasteiger partial charge is 0.257 e. The van der Waals surface area contributed by atoms with E-state index in [0.29, 0.717) is 18.3 Å². The Morgan fingerprint density at radius 1 is 1.12 bits per heavy atom. The number of halogens is 3. The Morgan fingerprint density at radius 2 is 1.88 bits per heavy atom. The van der Waals surface area contributed by atoms with E-state index in [-0.39, 0.29) is 6.54 Å². The standard InChI is InChI=1S/C17H14F3N3O2/c18-10-5-6-11(19)17(16(10)20)25-9-15(24)21-8-7-14-22-12-3-1-2-4-13(12)23-14/h1-6H,7-9H2,(H,21,24)(H,22,23). The number of aromatic nitrogens is 2. The molecule has 0 aliphatic heterocycles. The summed E-state index contributed by atoms with van der Waals surface area (Å²) in [7, 11) is 0. The van der Waals surface area contributed by atoms with E-state index in [1.54, 1.807) is 0 Å². The van der Waals surface area contributed by atoms with Crippen molar-refractivity contribution in [2.24, 2.45) is 0 Å². The van der Waals surface area contributed by atoms with Crippen LogP contribution >= 0.6 is 0 Å². The average molecular weight is 349 g/mol. The monoisotopic (exact) mass is 349 g/mol. The summed E-state index contributed by atoms with van der Waals surface area (Å²) in [6.45, 7) is -0.368. The lowest BCUT2D eigenvalue weighted by molar-refractivity contribution is -0.123. The van der Waals surface area contributed by atoms with Gasteiger partial charge in [-0.25, -0.2) is 13.8 Å². The first-order valence-electron chi connectivity index (χ1n) is 7.51. The summed E-state index contributed by atoms with van der Waals surface area (Å²) in [5.41, 5.74) is 1.72. The van der Waals surface area contributed by atoms with Crippen LogP contribution in [-0.4, -0.2) is 29.0 Å². The van der Waals surface area contributed by atoms with Crippen molar-refractivity contribution in [3.8, 4) is 5.75 Å². The summed E-state index contributed by atoms with van der Waals surface area (Å²) in [4.78, 5) is 19.2. The third-order valence-corrected chi connectivity index (χ3v) is 3.47. The fourth-order valence-electron chi connectivity index (χ4n) is 2.27. The van der Waals surface area contributed by atoms with Crippen LogP contribution < -0.4 is 10.1 Å². The van der Waals surface area contributed by atoms with E-state index < -0.39 is 35.7 Å². The molecule has 0 unspecified atom stereocenters. The molecule has 0 saturated carbocycles. The van der Waals surface area contributed by atoms with Gasteiger partial charge in [-0.05, 0) is 24.3 Å². The van der Waals surface area contributed by atoms with Crippen molar-refractivity contribution in [1.82, 2.24) is 15.3 Å². The molecule has 0 fully saturated rings. The van der Waals surface area contributed by atoms with Crippen LogP contribution in [0.25, 0.3) is 11.0 Å². The second-order valence-corrected chi connectivity index (χ2v) is 5.26. The molecule has 2 N–H and O–H groups in total. The summed E-state index contributed by atoms with van der Waals surface area (Å²) in [6, 6.07) is 8.88. The molecule has 2 aromatic carbocycles. The number of hydrogen-bond donors (Lipinski definition) is 2. The van der Waals surface area contributed by atoms with Gasteiger partial charge >= 0.3 is 0 Å². The zero-order valence-electron chi connectivity index (χ0n) is 13.0. The van der Waals surface area contributed by atoms with E-state index in [4.69, 9.17) is 4.74 Å². The molecule has 3 rings (SSSR count). The number of carbonyl (C=O) groups is 1. The first-order valence-corrected chi connectivity index (χ1v) is 7.51. The van der Waals surface area contributed by atoms with Crippen molar-refractivity contribution in [2.45, 2.75) is 6.42 Å². The van der Waals surface area contributed by atoms with Crippen LogP contribution in [0.3, 0.4) is 0 Å². The topological polar surface area (TPSA) is 67.0 Å². The van der Waals surface area contributed by atoms with Gasteiger partial charge in [0.2, 0.25) is 5.82 Å². The lowest BCUT2D eigenvalue weighted by Gasteiger charge is -2.09. The largest absolute Gasteiger partial charge is 0.478 e. The van der Waals surface area contributed by atoms with Crippen molar-refractivity contribution in [3.63, 3.8) is 0 Å². The van der Waals surface area contributed by atoms with Gasteiger partial charge in [-0.15, -0.1) is 0 Å². The number of nitrogens with zero attached hydrogens (tertiary/aromatic N) is 1. The number of H-pyrrole nitrogens is 1. The third-order valence-electron chi connectivity index (χ3n) is 3.47. The van der Waals surface area contributed by atoms with E-state index in [2.05, 4.69) is 15.3 Å². The number of aromatic amines is 1. The maximum Gasteiger partial charge on any atom is 0.257 e. The number of carbonyl (C=O) groups excluding carboxylic acids is 1. The molecular weight excluding hydrogens is 335 g/mol. The van der Waals surface area contributed by atoms with Gasteiger partial charge in [0.05, 0.1) is 11.0 Å². The number of para-hydroxylation sites is 2. The Labute approximate surface area is 140 Å². The minimum atomic E-state index is -1.46. The van der Waals surface area contributed by atoms with E-state index in [1.165, 1.54) is 0 Å². The minimum absolute atomic E-state index is 0.260. The van der Waals surface area contributed by atoms with Crippen molar-refractivity contribution in [1.29, 1.82) is 0 Å². The van der Waals surface area contributed by atoms with Crippen molar-refractivity contribution in [3.05, 3.63) is 59.7 Å². The quantitative estimate of drug-likeness (QED) is 0.673. The molecule has 1 amide bonds. The number of benzene rings is 2. The number of imidazole rings is 1. The molecule has 5 nitrogen and oxygen atoms in total. The number of amides is 1. The summed E-state index contributed by atoms with van der Waals surface area (Å²) >= 11 is 0. The van der Waals surface area contributed by atoms with Gasteiger partial charge in [-0.3, -0.25) is 4.79 Å². The van der Waals surface area contributed by atoms with Crippen molar-refractivity contribution >= 4 is 16.9 Å². The Hall–Kier alpha value is -3.03. The molecule has 3 aromatic rings. The highest BCUT2D eigenvalue weighted by Gasteiger charge is 2.16. The van der Waals surface area contributed by atoms with Gasteiger partial charge in [0.1, 0.15) is 5.82 Å². The SMILES string of the molecule is O=C(COc1c(F)ccc(F)c1F)NCCc1nc2ccccc2[nH]1. The third kappa shape index (κ3) is 3.90. The first kappa shape index (κ1) is 16.8. The molecule has 0 radical (unpaired) electrons. The summed E-state index contributed by atoms with van der Waals surface area (Å²) in [5, 5.41) is 2.54. The normalized spacial score (nSPS) is 10.8. The fourth-order valence-corrected chi connectivity index (χ4v) is 2.27. The average Bonchev–Trinajstić information content (AvgIpc) is 3.01. The van der Waals surface area contributed by atoms with Crippen molar-refractivity contribution in [2.75, 3.05) is 13.2 Å². The first-order chi connectivity index (χ1) is 12.0. The van der Waals surface area contributed by atoms with Crippen LogP contribution in [0.2, 0.25) is 0 Å². The Kier molecular flexibility index (Phi) is 4.87. The number of hydrogen-bond acceptors (Lipinski definition) is 3. The predicted molar refractivity (Wildman–Crippen MR) is 84.6 cm³/mol. The van der Waals surface area contributed by atoms with Gasteiger partial charge in [0.25, 0.3) is 5.91 Å². The summed E-state index contributed by atoms with van der Waals surface area (Å²) in [6.07, 6.45) is 0.448. The zero-order valence-corrected chi connectivity index (χ0v) is 13.0. The second-order valence-electron chi connectivity index (χ2n) is 5.26. The maximum atomic E-state index is 13.4. The molecule has 0 saturated heterocycles. The van der Waals surface area contributed by atoms with Crippen LogP contribution in [0.4, 0.5) is 13.2 Å². The Bertz CT molecular complexity index is 878. The summed E-state index contributed by atoms with van der Waals surface area (Å²) < 4.78 is 44.5. The minimum Gasteiger partial charge on any atom is -0.478 e. The van der Waals surface area contributed by atoms with E-state index >= 15 is 0 Å². The van der Waals surface area contributed by atoms with Crippen molar-refractivity contribution < 1.29 is 22.7 Å². The molecule has 0 bridgehead atoms. The van der Waals surface area contributed by atoms with Crippen LogP contribution in [0, 0.1) is 17.5 Å². The lowest BCUT2D eigenvalue weighted by atomic mass is 10.3. The number of ether oxygens (including phenoxy) is 1. The molecule has 0 aliphatic carbocycles. The molecule has 0 spiro atoms. The molecule has 1 aromatic heterocycles. The van der Waals surface area contributed by atoms with Crippen LogP contribution in [-0.2, 0) is 11.2 Å². The van der Waals surface area contributed by atoms with Crippen LogP contribution in [0.1, 0.15) is 5.82 Å². The number of fused-ring (bicyclic) bond motifs is 1. The highest BCUT2D eigenvalue weighted by molar-refractivity contribution is 5.77. The zero-order chi connectivity index (χ0) is 17.8. The molecule has 0 aliphatic rings. The van der Waals surface area contributed by atoms with E-state index in [0.717, 1.165) is 17.1 Å². The summed E-state index contributed by atoms with van der Waals surface area (Å²) in [5.74, 6) is -4.58. The second kappa shape index (κ2) is 7.25. The predicted octanol–water partition coefficient (Wildman–Crippen LogP) is 2.72. The van der Waals surface area contributed by atoms with Gasteiger partial charge in [-0.1, -0.05) is 12.1 Å². The fraction of sp³-hybridized carbons (Fsp3) is 0.176. The number of rotatable bonds is 6. The highest BCUT2D eigenvalue weighted by Crippen LogP contribution is 2.23. The van der Waals surface area contributed by atoms with Gasteiger partial charge in [0, 0.05) is 13.0 Å². The molecule has 25 heavy (non-hydrogen) atoms. The lowest BCUT2D eigenvalue weighted by Crippen LogP contribution is -2.31. The Balaban J connectivity index is 1.49. The molecule has 130 valence electrons. The van der Waals surface area contributed by atoms with Gasteiger partial charge in [-0.2, -0.15) is 4.39 Å². The van der Waals surface area contributed by atoms with E-state index in [9.17, 15) is 18.0 Å². The molecule has 0 atom stereocenters. The molecule has 8 heteroatoms. The van der Waals surface area contributed by atoms with Gasteiger partial charge < -0.3 is 15.0 Å². The molecule has 1 heterocycles. The van der Waals surface area contributed by atoms with Crippen LogP contribution in [0.5, 0.6) is 5.75 Å². The Morgan fingerprint density at radius 3 is 2.68 bits per heavy atom. The van der Waals surface area contributed by atoms with Crippen LogP contribution in [0.15, 0.2) is 36.4 Å². The van der Waals surface area contributed by atoms with Gasteiger partial charge in [0.15, 0.2) is 24.0 Å². The highest BCUT2D eigenvalue weighted by atomic mass is 19.2.